The highest BCUT2D eigenvalue weighted by molar-refractivity contribution is 5.81. The Morgan fingerprint density at radius 2 is 2.05 bits per heavy atom. The van der Waals surface area contributed by atoms with Crippen molar-refractivity contribution in [3.8, 4) is 0 Å². The van der Waals surface area contributed by atoms with Crippen molar-refractivity contribution in [3.63, 3.8) is 0 Å². The molecule has 0 spiro atoms. The summed E-state index contributed by atoms with van der Waals surface area (Å²) in [6.07, 6.45) is 3.97. The van der Waals surface area contributed by atoms with E-state index in [0.717, 1.165) is 25.9 Å². The molecule has 1 saturated heterocycles. The van der Waals surface area contributed by atoms with Crippen LogP contribution in [0.2, 0.25) is 0 Å². The summed E-state index contributed by atoms with van der Waals surface area (Å²) in [5, 5.41) is 2.87. The molecule has 3 nitrogen and oxygen atoms in total. The summed E-state index contributed by atoms with van der Waals surface area (Å²) in [5.74, 6) is 0.735. The number of hydrogen-bond donors (Lipinski definition) is 1. The monoisotopic (exact) mass is 272 g/mol. The van der Waals surface area contributed by atoms with Gasteiger partial charge in [-0.25, -0.2) is 0 Å². The molecule has 1 aromatic carbocycles. The minimum atomic E-state index is -0.0494. The van der Waals surface area contributed by atoms with Crippen molar-refractivity contribution in [2.45, 2.75) is 31.7 Å². The number of likely N-dealkylation sites (tertiary alicyclic amines) is 1. The van der Waals surface area contributed by atoms with Crippen LogP contribution in [0.5, 0.6) is 0 Å². The summed E-state index contributed by atoms with van der Waals surface area (Å²) in [6, 6.07) is 10.6. The van der Waals surface area contributed by atoms with Crippen molar-refractivity contribution in [3.05, 3.63) is 48.6 Å². The van der Waals surface area contributed by atoms with Crippen molar-refractivity contribution in [1.82, 2.24) is 10.2 Å². The molecule has 108 valence electrons. The number of amides is 1. The Balaban J connectivity index is 1.84. The average Bonchev–Trinajstić information content (AvgIpc) is 2.53. The lowest BCUT2D eigenvalue weighted by atomic mass is 9.89. The fraction of sp³-hybridized carbons (Fsp3) is 0.471. The molecule has 20 heavy (non-hydrogen) atoms. The van der Waals surface area contributed by atoms with Gasteiger partial charge in [-0.1, -0.05) is 36.4 Å². The second-order valence-electron chi connectivity index (χ2n) is 5.43. The van der Waals surface area contributed by atoms with Crippen LogP contribution in [0.15, 0.2) is 43.0 Å². The quantitative estimate of drug-likeness (QED) is 0.836. The molecule has 1 aromatic rings. The molecule has 0 aliphatic carbocycles. The minimum absolute atomic E-state index is 0.0494. The van der Waals surface area contributed by atoms with E-state index in [9.17, 15) is 4.79 Å². The highest BCUT2D eigenvalue weighted by Crippen LogP contribution is 2.28. The maximum absolute atomic E-state index is 12.0. The van der Waals surface area contributed by atoms with Gasteiger partial charge < -0.3 is 5.32 Å². The van der Waals surface area contributed by atoms with E-state index in [4.69, 9.17) is 0 Å². The van der Waals surface area contributed by atoms with E-state index < -0.39 is 0 Å². The SMILES string of the molecule is C=CCNC(=O)C(C)N1CCC(c2ccccc2)CC1. The number of carbonyl (C=O) groups excluding carboxylic acids is 1. The van der Waals surface area contributed by atoms with Gasteiger partial charge in [0.1, 0.15) is 0 Å². The van der Waals surface area contributed by atoms with E-state index in [1.807, 2.05) is 6.92 Å². The lowest BCUT2D eigenvalue weighted by Crippen LogP contribution is -2.48. The van der Waals surface area contributed by atoms with E-state index in [1.54, 1.807) is 6.08 Å². The average molecular weight is 272 g/mol. The summed E-state index contributed by atoms with van der Waals surface area (Å²) >= 11 is 0. The van der Waals surface area contributed by atoms with Crippen LogP contribution in [-0.4, -0.2) is 36.5 Å². The zero-order valence-electron chi connectivity index (χ0n) is 12.2. The zero-order chi connectivity index (χ0) is 14.4. The van der Waals surface area contributed by atoms with Crippen LogP contribution in [-0.2, 0) is 4.79 Å². The van der Waals surface area contributed by atoms with Gasteiger partial charge in [0, 0.05) is 6.54 Å². The number of hydrogen-bond acceptors (Lipinski definition) is 2. The van der Waals surface area contributed by atoms with Gasteiger partial charge in [0.05, 0.1) is 6.04 Å². The Bertz CT molecular complexity index is 436. The smallest absolute Gasteiger partial charge is 0.237 e. The maximum atomic E-state index is 12.0. The Kier molecular flexibility index (Phi) is 5.36. The highest BCUT2D eigenvalue weighted by Gasteiger charge is 2.26. The topological polar surface area (TPSA) is 32.3 Å². The van der Waals surface area contributed by atoms with Crippen molar-refractivity contribution >= 4 is 5.91 Å². The third-order valence-electron chi connectivity index (χ3n) is 4.15. The molecule has 1 fully saturated rings. The van der Waals surface area contributed by atoms with Gasteiger partial charge in [0.2, 0.25) is 5.91 Å². The van der Waals surface area contributed by atoms with E-state index in [0.29, 0.717) is 12.5 Å². The lowest BCUT2D eigenvalue weighted by molar-refractivity contribution is -0.126. The van der Waals surface area contributed by atoms with Crippen LogP contribution < -0.4 is 5.32 Å². The molecule has 1 amide bonds. The first-order valence-corrected chi connectivity index (χ1v) is 7.40. The molecule has 1 unspecified atom stereocenters. The summed E-state index contributed by atoms with van der Waals surface area (Å²) in [7, 11) is 0. The van der Waals surface area contributed by atoms with Crippen LogP contribution in [0, 0.1) is 0 Å². The lowest BCUT2D eigenvalue weighted by Gasteiger charge is -2.35. The zero-order valence-corrected chi connectivity index (χ0v) is 12.2. The number of nitrogens with zero attached hydrogens (tertiary/aromatic N) is 1. The van der Waals surface area contributed by atoms with Gasteiger partial charge in [-0.15, -0.1) is 6.58 Å². The van der Waals surface area contributed by atoms with Gasteiger partial charge in [0.25, 0.3) is 0 Å². The molecule has 0 bridgehead atoms. The Morgan fingerprint density at radius 3 is 2.65 bits per heavy atom. The van der Waals surface area contributed by atoms with Crippen molar-refractivity contribution in [2.75, 3.05) is 19.6 Å². The molecule has 1 atom stereocenters. The molecule has 1 heterocycles. The van der Waals surface area contributed by atoms with Crippen LogP contribution >= 0.6 is 0 Å². The second-order valence-corrected chi connectivity index (χ2v) is 5.43. The molecule has 0 saturated carbocycles. The van der Waals surface area contributed by atoms with Crippen molar-refractivity contribution in [1.29, 1.82) is 0 Å². The third-order valence-corrected chi connectivity index (χ3v) is 4.15. The fourth-order valence-electron chi connectivity index (χ4n) is 2.83. The number of carbonyl (C=O) groups is 1. The van der Waals surface area contributed by atoms with Gasteiger partial charge in [-0.05, 0) is 44.3 Å². The van der Waals surface area contributed by atoms with Crippen LogP contribution in [0.1, 0.15) is 31.2 Å². The number of benzene rings is 1. The van der Waals surface area contributed by atoms with E-state index in [-0.39, 0.29) is 11.9 Å². The van der Waals surface area contributed by atoms with E-state index in [2.05, 4.69) is 47.1 Å². The second kappa shape index (κ2) is 7.25. The summed E-state index contributed by atoms with van der Waals surface area (Å²) < 4.78 is 0. The number of piperidine rings is 1. The molecule has 0 radical (unpaired) electrons. The minimum Gasteiger partial charge on any atom is -0.351 e. The maximum Gasteiger partial charge on any atom is 0.237 e. The Morgan fingerprint density at radius 1 is 1.40 bits per heavy atom. The summed E-state index contributed by atoms with van der Waals surface area (Å²) in [4.78, 5) is 14.2. The molecular formula is C17H24N2O. The van der Waals surface area contributed by atoms with Gasteiger partial charge in [-0.2, -0.15) is 0 Å². The molecule has 1 aliphatic heterocycles. The molecule has 1 N–H and O–H groups in total. The predicted octanol–water partition coefficient (Wildman–Crippen LogP) is 2.56. The van der Waals surface area contributed by atoms with Gasteiger partial charge >= 0.3 is 0 Å². The van der Waals surface area contributed by atoms with Gasteiger partial charge in [-0.3, -0.25) is 9.69 Å². The Labute approximate surface area is 121 Å². The van der Waals surface area contributed by atoms with Crippen molar-refractivity contribution in [2.24, 2.45) is 0 Å². The fourth-order valence-corrected chi connectivity index (χ4v) is 2.83. The first kappa shape index (κ1) is 14.8. The van der Waals surface area contributed by atoms with Crippen LogP contribution in [0.4, 0.5) is 0 Å². The third kappa shape index (κ3) is 3.70. The predicted molar refractivity (Wildman–Crippen MR) is 82.7 cm³/mol. The van der Waals surface area contributed by atoms with Gasteiger partial charge in [0.15, 0.2) is 0 Å². The Hall–Kier alpha value is -1.61. The first-order chi connectivity index (χ1) is 9.72. The molecular weight excluding hydrogens is 248 g/mol. The number of rotatable bonds is 5. The van der Waals surface area contributed by atoms with E-state index in [1.165, 1.54) is 5.56 Å². The largest absolute Gasteiger partial charge is 0.351 e. The highest BCUT2D eigenvalue weighted by atomic mass is 16.2. The van der Waals surface area contributed by atoms with Crippen LogP contribution in [0.25, 0.3) is 0 Å². The normalized spacial score (nSPS) is 18.4. The van der Waals surface area contributed by atoms with E-state index >= 15 is 0 Å². The summed E-state index contributed by atoms with van der Waals surface area (Å²) in [5.41, 5.74) is 1.43. The summed E-state index contributed by atoms with van der Waals surface area (Å²) in [6.45, 7) is 8.13. The molecule has 1 aliphatic rings. The standard InChI is InChI=1S/C17H24N2O/c1-3-11-18-17(20)14(2)19-12-9-16(10-13-19)15-7-5-4-6-8-15/h3-8,14,16H,1,9-13H2,2H3,(H,18,20). The molecule has 3 heteroatoms. The molecule has 2 rings (SSSR count). The number of nitrogens with one attached hydrogen (secondary N) is 1. The molecule has 0 aromatic heterocycles. The van der Waals surface area contributed by atoms with Crippen LogP contribution in [0.3, 0.4) is 0 Å². The van der Waals surface area contributed by atoms with Crippen molar-refractivity contribution < 1.29 is 4.79 Å². The first-order valence-electron chi connectivity index (χ1n) is 7.40.